The summed E-state index contributed by atoms with van der Waals surface area (Å²) in [5, 5.41) is 0. The third-order valence-electron chi connectivity index (χ3n) is 3.16. The Labute approximate surface area is 102 Å². The van der Waals surface area contributed by atoms with Gasteiger partial charge in [-0.25, -0.2) is 0 Å². The molecule has 1 aromatic carbocycles. The van der Waals surface area contributed by atoms with E-state index in [2.05, 4.69) is 0 Å². The van der Waals surface area contributed by atoms with Crippen LogP contribution in [0.15, 0.2) is 18.2 Å². The van der Waals surface area contributed by atoms with Gasteiger partial charge in [0.2, 0.25) is 0 Å². The van der Waals surface area contributed by atoms with Gasteiger partial charge in [-0.15, -0.1) is 0 Å². The van der Waals surface area contributed by atoms with Crippen LogP contribution in [0.2, 0.25) is 0 Å². The molecule has 1 aromatic rings. The van der Waals surface area contributed by atoms with Crippen LogP contribution >= 0.6 is 0 Å². The van der Waals surface area contributed by atoms with Crippen molar-refractivity contribution in [2.24, 2.45) is 0 Å². The number of carbonyl (C=O) groups excluding carboxylic acids is 1. The number of ether oxygens (including phenoxy) is 2. The van der Waals surface area contributed by atoms with E-state index < -0.39 is 0 Å². The number of ketones is 1. The highest BCUT2D eigenvalue weighted by atomic mass is 16.5. The molecule has 1 saturated carbocycles. The van der Waals surface area contributed by atoms with E-state index in [9.17, 15) is 4.79 Å². The number of aryl methyl sites for hydroxylation is 1. The highest BCUT2D eigenvalue weighted by Crippen LogP contribution is 2.24. The molecule has 17 heavy (non-hydrogen) atoms. The summed E-state index contributed by atoms with van der Waals surface area (Å²) >= 11 is 0. The Kier molecular flexibility index (Phi) is 3.79. The molecule has 0 amide bonds. The summed E-state index contributed by atoms with van der Waals surface area (Å²) in [6, 6.07) is 5.59. The Morgan fingerprint density at radius 1 is 1.41 bits per heavy atom. The fourth-order valence-corrected chi connectivity index (χ4v) is 1.84. The summed E-state index contributed by atoms with van der Waals surface area (Å²) in [4.78, 5) is 12.0. The van der Waals surface area contributed by atoms with Crippen molar-refractivity contribution in [2.45, 2.75) is 32.3 Å². The molecular weight excluding hydrogens is 216 g/mol. The highest BCUT2D eigenvalue weighted by Gasteiger charge is 2.20. The van der Waals surface area contributed by atoms with Crippen LogP contribution in [0.1, 0.15) is 35.2 Å². The van der Waals surface area contributed by atoms with Gasteiger partial charge in [0.15, 0.2) is 5.78 Å². The Balaban J connectivity index is 2.01. The largest absolute Gasteiger partial charge is 0.496 e. The van der Waals surface area contributed by atoms with Crippen LogP contribution in [0.25, 0.3) is 0 Å². The molecule has 0 unspecified atom stereocenters. The van der Waals surface area contributed by atoms with E-state index >= 15 is 0 Å². The topological polar surface area (TPSA) is 35.5 Å². The number of carbonyl (C=O) groups is 1. The molecule has 92 valence electrons. The summed E-state index contributed by atoms with van der Waals surface area (Å²) in [5.74, 6) is 0.626. The zero-order valence-corrected chi connectivity index (χ0v) is 10.4. The molecule has 1 fully saturated rings. The van der Waals surface area contributed by atoms with E-state index in [1.165, 1.54) is 6.42 Å². The average molecular weight is 234 g/mol. The molecule has 1 aliphatic rings. The highest BCUT2D eigenvalue weighted by molar-refractivity contribution is 5.99. The van der Waals surface area contributed by atoms with Gasteiger partial charge >= 0.3 is 0 Å². The van der Waals surface area contributed by atoms with Crippen molar-refractivity contribution in [2.75, 3.05) is 13.7 Å². The summed E-state index contributed by atoms with van der Waals surface area (Å²) in [7, 11) is 1.58. The van der Waals surface area contributed by atoms with Gasteiger partial charge in [-0.3, -0.25) is 4.79 Å². The second-order valence-corrected chi connectivity index (χ2v) is 4.49. The van der Waals surface area contributed by atoms with E-state index in [-0.39, 0.29) is 18.5 Å². The minimum Gasteiger partial charge on any atom is -0.496 e. The second-order valence-electron chi connectivity index (χ2n) is 4.49. The van der Waals surface area contributed by atoms with Crippen LogP contribution in [0, 0.1) is 6.92 Å². The quantitative estimate of drug-likeness (QED) is 0.735. The molecule has 0 atom stereocenters. The first-order valence-corrected chi connectivity index (χ1v) is 6.00. The number of benzene rings is 1. The first kappa shape index (κ1) is 12.1. The molecule has 3 heteroatoms. The predicted octanol–water partition coefficient (Wildman–Crippen LogP) is 2.76. The summed E-state index contributed by atoms with van der Waals surface area (Å²) in [6.07, 6.45) is 3.67. The smallest absolute Gasteiger partial charge is 0.192 e. The minimum absolute atomic E-state index is 0.00579. The summed E-state index contributed by atoms with van der Waals surface area (Å²) in [6.45, 7) is 2.13. The first-order chi connectivity index (χ1) is 8.20. The normalized spacial score (nSPS) is 15.4. The number of Topliss-reactive ketones (excluding diaryl/α,β-unsaturated/α-hetero) is 1. The average Bonchev–Trinajstić information content (AvgIpc) is 2.26. The Hall–Kier alpha value is -1.35. The van der Waals surface area contributed by atoms with Crippen molar-refractivity contribution in [1.29, 1.82) is 0 Å². The van der Waals surface area contributed by atoms with Crippen LogP contribution in [-0.4, -0.2) is 25.6 Å². The van der Waals surface area contributed by atoms with E-state index in [4.69, 9.17) is 9.47 Å². The zero-order valence-electron chi connectivity index (χ0n) is 10.4. The molecule has 0 N–H and O–H groups in total. The van der Waals surface area contributed by atoms with Crippen LogP contribution in [0.3, 0.4) is 0 Å². The van der Waals surface area contributed by atoms with E-state index in [0.717, 1.165) is 18.4 Å². The van der Waals surface area contributed by atoms with E-state index in [1.54, 1.807) is 13.2 Å². The number of hydrogen-bond donors (Lipinski definition) is 0. The maximum absolute atomic E-state index is 12.0. The molecule has 3 nitrogen and oxygen atoms in total. The molecule has 0 saturated heterocycles. The lowest BCUT2D eigenvalue weighted by Gasteiger charge is -2.25. The van der Waals surface area contributed by atoms with Gasteiger partial charge in [-0.1, -0.05) is 6.07 Å². The molecule has 0 aliphatic heterocycles. The van der Waals surface area contributed by atoms with E-state index in [1.807, 2.05) is 19.1 Å². The van der Waals surface area contributed by atoms with Gasteiger partial charge in [0, 0.05) is 0 Å². The van der Waals surface area contributed by atoms with Crippen LogP contribution in [0.4, 0.5) is 0 Å². The first-order valence-electron chi connectivity index (χ1n) is 6.00. The Morgan fingerprint density at radius 3 is 2.76 bits per heavy atom. The number of methoxy groups -OCH3 is 1. The molecule has 0 heterocycles. The fraction of sp³-hybridized carbons (Fsp3) is 0.500. The van der Waals surface area contributed by atoms with Crippen LogP contribution in [-0.2, 0) is 4.74 Å². The third kappa shape index (κ3) is 2.86. The number of hydrogen-bond acceptors (Lipinski definition) is 3. The van der Waals surface area contributed by atoms with Crippen LogP contribution < -0.4 is 4.74 Å². The van der Waals surface area contributed by atoms with Crippen molar-refractivity contribution in [1.82, 2.24) is 0 Å². The maximum Gasteiger partial charge on any atom is 0.192 e. The fourth-order valence-electron chi connectivity index (χ4n) is 1.84. The molecule has 0 spiro atoms. The number of rotatable bonds is 5. The molecule has 0 bridgehead atoms. The zero-order chi connectivity index (χ0) is 12.3. The van der Waals surface area contributed by atoms with Crippen molar-refractivity contribution in [3.8, 4) is 5.75 Å². The summed E-state index contributed by atoms with van der Waals surface area (Å²) in [5.41, 5.74) is 1.69. The molecule has 0 radical (unpaired) electrons. The molecule has 2 rings (SSSR count). The maximum atomic E-state index is 12.0. The van der Waals surface area contributed by atoms with Gasteiger partial charge < -0.3 is 9.47 Å². The molecule has 1 aliphatic carbocycles. The monoisotopic (exact) mass is 234 g/mol. The summed E-state index contributed by atoms with van der Waals surface area (Å²) < 4.78 is 10.7. The lowest BCUT2D eigenvalue weighted by molar-refractivity contribution is 0.00721. The lowest BCUT2D eigenvalue weighted by Crippen LogP contribution is -2.25. The Morgan fingerprint density at radius 2 is 2.18 bits per heavy atom. The van der Waals surface area contributed by atoms with Crippen molar-refractivity contribution in [3.63, 3.8) is 0 Å². The molecular formula is C14H18O3. The lowest BCUT2D eigenvalue weighted by atomic mass is 9.96. The third-order valence-corrected chi connectivity index (χ3v) is 3.16. The van der Waals surface area contributed by atoms with Gasteiger partial charge in [-0.05, 0) is 43.9 Å². The van der Waals surface area contributed by atoms with Crippen molar-refractivity contribution < 1.29 is 14.3 Å². The van der Waals surface area contributed by atoms with Gasteiger partial charge in [-0.2, -0.15) is 0 Å². The van der Waals surface area contributed by atoms with E-state index in [0.29, 0.717) is 11.3 Å². The van der Waals surface area contributed by atoms with Gasteiger partial charge in [0.05, 0.1) is 18.8 Å². The van der Waals surface area contributed by atoms with Crippen molar-refractivity contribution >= 4 is 5.78 Å². The second kappa shape index (κ2) is 5.32. The Bertz CT molecular complexity index is 408. The van der Waals surface area contributed by atoms with Crippen LogP contribution in [0.5, 0.6) is 5.75 Å². The SMILES string of the molecule is COc1cc(C)ccc1C(=O)COC1CCC1. The van der Waals surface area contributed by atoms with Gasteiger partial charge in [0.25, 0.3) is 0 Å². The molecule has 0 aromatic heterocycles. The van der Waals surface area contributed by atoms with Gasteiger partial charge in [0.1, 0.15) is 12.4 Å². The predicted molar refractivity (Wildman–Crippen MR) is 65.7 cm³/mol. The minimum atomic E-state index is -0.00579. The standard InChI is InChI=1S/C14H18O3/c1-10-6-7-12(14(8-10)16-2)13(15)9-17-11-4-3-5-11/h6-8,11H,3-5,9H2,1-2H3. The van der Waals surface area contributed by atoms with Crippen molar-refractivity contribution in [3.05, 3.63) is 29.3 Å².